The smallest absolute Gasteiger partial charge is 0.138 e. The van der Waals surface area contributed by atoms with Crippen LogP contribution in [0.3, 0.4) is 0 Å². The van der Waals surface area contributed by atoms with Gasteiger partial charge in [0.05, 0.1) is 5.69 Å². The number of halogens is 1. The first-order chi connectivity index (χ1) is 6.81. The molecule has 0 aliphatic carbocycles. The molecule has 0 amide bonds. The number of hydrogen-bond acceptors (Lipinski definition) is 3. The minimum absolute atomic E-state index is 0.441. The second-order valence-electron chi connectivity index (χ2n) is 2.82. The van der Waals surface area contributed by atoms with E-state index in [1.165, 1.54) is 6.33 Å². The summed E-state index contributed by atoms with van der Waals surface area (Å²) in [7, 11) is 0. The van der Waals surface area contributed by atoms with Crippen molar-refractivity contribution in [2.45, 2.75) is 6.54 Å². The summed E-state index contributed by atoms with van der Waals surface area (Å²) >= 11 is 6.00. The normalized spacial score (nSPS) is 10.4. The van der Waals surface area contributed by atoms with E-state index in [9.17, 15) is 0 Å². The molecule has 2 rings (SSSR count). The molecule has 1 heterocycles. The van der Waals surface area contributed by atoms with E-state index in [-0.39, 0.29) is 0 Å². The lowest BCUT2D eigenvalue weighted by molar-refractivity contribution is 0.877. The van der Waals surface area contributed by atoms with Crippen LogP contribution in [0.4, 0.5) is 0 Å². The van der Waals surface area contributed by atoms with Crippen LogP contribution in [0.25, 0.3) is 5.69 Å². The maximum atomic E-state index is 6.00. The van der Waals surface area contributed by atoms with Gasteiger partial charge in [-0.05, 0) is 17.7 Å². The van der Waals surface area contributed by atoms with Gasteiger partial charge in [-0.25, -0.2) is 9.67 Å². The largest absolute Gasteiger partial charge is 0.326 e. The van der Waals surface area contributed by atoms with Gasteiger partial charge < -0.3 is 5.73 Å². The van der Waals surface area contributed by atoms with Gasteiger partial charge in [-0.2, -0.15) is 5.10 Å². The monoisotopic (exact) mass is 208 g/mol. The summed E-state index contributed by atoms with van der Waals surface area (Å²) in [5.41, 5.74) is 7.31. The van der Waals surface area contributed by atoms with Crippen molar-refractivity contribution in [1.29, 1.82) is 0 Å². The van der Waals surface area contributed by atoms with Crippen molar-refractivity contribution >= 4 is 11.6 Å². The molecule has 1 aromatic heterocycles. The Balaban J connectivity index is 2.43. The van der Waals surface area contributed by atoms with Gasteiger partial charge in [-0.3, -0.25) is 0 Å². The zero-order valence-corrected chi connectivity index (χ0v) is 8.15. The highest BCUT2D eigenvalue weighted by Crippen LogP contribution is 2.18. The summed E-state index contributed by atoms with van der Waals surface area (Å²) in [6.07, 6.45) is 3.10. The van der Waals surface area contributed by atoms with Crippen LogP contribution in [0.1, 0.15) is 5.56 Å². The number of hydrogen-bond donors (Lipinski definition) is 1. The third-order valence-corrected chi connectivity index (χ3v) is 2.29. The standard InChI is InChI=1S/C9H9ClN4/c10-9-3-8(2-1-7(9)4-11)14-6-12-5-13-14/h1-3,5-6H,4,11H2. The SMILES string of the molecule is NCc1ccc(-n2cncn2)cc1Cl. The lowest BCUT2D eigenvalue weighted by Gasteiger charge is -2.04. The zero-order chi connectivity index (χ0) is 9.97. The predicted molar refractivity (Wildman–Crippen MR) is 54.3 cm³/mol. The number of nitrogens with zero attached hydrogens (tertiary/aromatic N) is 3. The Labute approximate surface area is 86.3 Å². The van der Waals surface area contributed by atoms with Crippen molar-refractivity contribution < 1.29 is 0 Å². The molecule has 0 bridgehead atoms. The fraction of sp³-hybridized carbons (Fsp3) is 0.111. The third kappa shape index (κ3) is 1.62. The van der Waals surface area contributed by atoms with Gasteiger partial charge >= 0.3 is 0 Å². The molecule has 0 spiro atoms. The third-order valence-electron chi connectivity index (χ3n) is 1.94. The van der Waals surface area contributed by atoms with Gasteiger partial charge in [-0.1, -0.05) is 17.7 Å². The van der Waals surface area contributed by atoms with E-state index in [0.717, 1.165) is 11.3 Å². The Kier molecular flexibility index (Phi) is 2.47. The molecule has 0 unspecified atom stereocenters. The summed E-state index contributed by atoms with van der Waals surface area (Å²) in [5, 5.41) is 4.65. The molecular weight excluding hydrogens is 200 g/mol. The molecule has 4 nitrogen and oxygen atoms in total. The van der Waals surface area contributed by atoms with E-state index < -0.39 is 0 Å². The molecule has 0 saturated heterocycles. The summed E-state index contributed by atoms with van der Waals surface area (Å²) in [4.78, 5) is 3.85. The second-order valence-corrected chi connectivity index (χ2v) is 3.23. The minimum atomic E-state index is 0.441. The van der Waals surface area contributed by atoms with Crippen LogP contribution < -0.4 is 5.73 Å². The molecule has 0 fully saturated rings. The summed E-state index contributed by atoms with van der Waals surface area (Å²) in [5.74, 6) is 0. The first-order valence-electron chi connectivity index (χ1n) is 4.15. The van der Waals surface area contributed by atoms with E-state index in [2.05, 4.69) is 10.1 Å². The summed E-state index contributed by atoms with van der Waals surface area (Å²) in [6, 6.07) is 5.61. The molecule has 2 aromatic rings. The predicted octanol–water partition coefficient (Wildman–Crippen LogP) is 1.38. The summed E-state index contributed by atoms with van der Waals surface area (Å²) in [6.45, 7) is 0.441. The van der Waals surface area contributed by atoms with Crippen LogP contribution in [-0.4, -0.2) is 14.8 Å². The highest BCUT2D eigenvalue weighted by molar-refractivity contribution is 6.31. The Morgan fingerprint density at radius 3 is 2.86 bits per heavy atom. The molecule has 2 N–H and O–H groups in total. The highest BCUT2D eigenvalue weighted by Gasteiger charge is 2.01. The maximum absolute atomic E-state index is 6.00. The number of rotatable bonds is 2. The van der Waals surface area contributed by atoms with Gasteiger partial charge in [0.15, 0.2) is 0 Å². The summed E-state index contributed by atoms with van der Waals surface area (Å²) < 4.78 is 1.65. The topological polar surface area (TPSA) is 56.7 Å². The molecule has 14 heavy (non-hydrogen) atoms. The molecule has 0 aliphatic heterocycles. The highest BCUT2D eigenvalue weighted by atomic mass is 35.5. The lowest BCUT2D eigenvalue weighted by Crippen LogP contribution is -1.99. The number of nitrogens with two attached hydrogens (primary N) is 1. The maximum Gasteiger partial charge on any atom is 0.138 e. The fourth-order valence-corrected chi connectivity index (χ4v) is 1.44. The van der Waals surface area contributed by atoms with E-state index in [4.69, 9.17) is 17.3 Å². The van der Waals surface area contributed by atoms with Crippen LogP contribution in [0.2, 0.25) is 5.02 Å². The minimum Gasteiger partial charge on any atom is -0.326 e. The average Bonchev–Trinajstić information content (AvgIpc) is 2.70. The van der Waals surface area contributed by atoms with Gasteiger partial charge in [-0.15, -0.1) is 0 Å². The average molecular weight is 209 g/mol. The van der Waals surface area contributed by atoms with Crippen LogP contribution in [0.15, 0.2) is 30.9 Å². The number of aromatic nitrogens is 3. The second kappa shape index (κ2) is 3.77. The van der Waals surface area contributed by atoms with Gasteiger partial charge in [0.1, 0.15) is 12.7 Å². The Morgan fingerprint density at radius 2 is 2.29 bits per heavy atom. The van der Waals surface area contributed by atoms with E-state index in [1.807, 2.05) is 18.2 Å². The first kappa shape index (κ1) is 9.18. The Hall–Kier alpha value is -1.39. The van der Waals surface area contributed by atoms with E-state index in [1.54, 1.807) is 11.0 Å². The molecule has 0 aliphatic rings. The van der Waals surface area contributed by atoms with Crippen LogP contribution in [0.5, 0.6) is 0 Å². The van der Waals surface area contributed by atoms with Crippen molar-refractivity contribution in [3.8, 4) is 5.69 Å². The Morgan fingerprint density at radius 1 is 1.43 bits per heavy atom. The van der Waals surface area contributed by atoms with E-state index >= 15 is 0 Å². The van der Waals surface area contributed by atoms with Gasteiger partial charge in [0.25, 0.3) is 0 Å². The quantitative estimate of drug-likeness (QED) is 0.811. The molecule has 1 aromatic carbocycles. The molecule has 5 heteroatoms. The van der Waals surface area contributed by atoms with Crippen LogP contribution in [-0.2, 0) is 6.54 Å². The van der Waals surface area contributed by atoms with Crippen molar-refractivity contribution in [2.75, 3.05) is 0 Å². The molecule has 0 radical (unpaired) electrons. The molecule has 0 saturated carbocycles. The zero-order valence-electron chi connectivity index (χ0n) is 7.39. The lowest BCUT2D eigenvalue weighted by atomic mass is 10.2. The van der Waals surface area contributed by atoms with E-state index in [0.29, 0.717) is 11.6 Å². The van der Waals surface area contributed by atoms with Gasteiger partial charge in [0.2, 0.25) is 0 Å². The van der Waals surface area contributed by atoms with Crippen molar-refractivity contribution in [3.05, 3.63) is 41.4 Å². The fourth-order valence-electron chi connectivity index (χ4n) is 1.19. The molecular formula is C9H9ClN4. The first-order valence-corrected chi connectivity index (χ1v) is 4.52. The van der Waals surface area contributed by atoms with Crippen LogP contribution in [0, 0.1) is 0 Å². The van der Waals surface area contributed by atoms with Crippen molar-refractivity contribution in [1.82, 2.24) is 14.8 Å². The molecule has 72 valence electrons. The van der Waals surface area contributed by atoms with Crippen molar-refractivity contribution in [2.24, 2.45) is 5.73 Å². The molecule has 0 atom stereocenters. The van der Waals surface area contributed by atoms with Crippen molar-refractivity contribution in [3.63, 3.8) is 0 Å². The van der Waals surface area contributed by atoms with Crippen LogP contribution >= 0.6 is 11.6 Å². The van der Waals surface area contributed by atoms with Gasteiger partial charge in [0, 0.05) is 11.6 Å². The Bertz CT molecular complexity index is 424. The number of benzene rings is 1.